The lowest BCUT2D eigenvalue weighted by molar-refractivity contribution is -0.120. The van der Waals surface area contributed by atoms with E-state index >= 15 is 0 Å². The fourth-order valence-corrected chi connectivity index (χ4v) is 2.12. The van der Waals surface area contributed by atoms with Gasteiger partial charge in [0.25, 0.3) is 0 Å². The Hall–Kier alpha value is -2.62. The molecule has 0 aliphatic heterocycles. The molecule has 0 bridgehead atoms. The predicted octanol–water partition coefficient (Wildman–Crippen LogP) is 3.09. The van der Waals surface area contributed by atoms with Gasteiger partial charge in [0.2, 0.25) is 5.91 Å². The number of phenolic OH excluding ortho intramolecular Hbond substituents is 1. The molecule has 22 heavy (non-hydrogen) atoms. The molecule has 4 nitrogen and oxygen atoms in total. The first-order valence-corrected chi connectivity index (χ1v) is 7.14. The van der Waals surface area contributed by atoms with E-state index in [1.165, 1.54) is 0 Å². The molecule has 2 aromatic rings. The van der Waals surface area contributed by atoms with Crippen molar-refractivity contribution >= 4 is 11.6 Å². The van der Waals surface area contributed by atoms with Gasteiger partial charge >= 0.3 is 0 Å². The summed E-state index contributed by atoms with van der Waals surface area (Å²) in [5.41, 5.74) is 7.36. The minimum Gasteiger partial charge on any atom is -0.508 e. The molecule has 0 spiro atoms. The van der Waals surface area contributed by atoms with Crippen LogP contribution < -0.4 is 5.43 Å². The fraction of sp³-hybridized carbons (Fsp3) is 0.222. The van der Waals surface area contributed by atoms with Crippen molar-refractivity contribution in [2.45, 2.75) is 27.2 Å². The molecule has 0 heterocycles. The van der Waals surface area contributed by atoms with Crippen molar-refractivity contribution in [1.82, 2.24) is 5.43 Å². The van der Waals surface area contributed by atoms with Crippen LogP contribution >= 0.6 is 0 Å². The Labute approximate surface area is 130 Å². The lowest BCUT2D eigenvalue weighted by atomic mass is 10.0. The molecule has 2 N–H and O–H groups in total. The average Bonchev–Trinajstić information content (AvgIpc) is 2.49. The number of hydrazone groups is 1. The van der Waals surface area contributed by atoms with E-state index in [0.29, 0.717) is 12.1 Å². The number of aryl methyl sites for hydroxylation is 2. The Kier molecular flexibility index (Phi) is 4.94. The maximum Gasteiger partial charge on any atom is 0.244 e. The van der Waals surface area contributed by atoms with Gasteiger partial charge in [-0.1, -0.05) is 23.8 Å². The van der Waals surface area contributed by atoms with Crippen LogP contribution in [-0.4, -0.2) is 16.7 Å². The van der Waals surface area contributed by atoms with E-state index in [1.807, 2.05) is 39.0 Å². The summed E-state index contributed by atoms with van der Waals surface area (Å²) in [5.74, 6) is 0.0577. The molecule has 0 aliphatic rings. The minimum absolute atomic E-state index is 0.146. The third kappa shape index (κ3) is 4.19. The van der Waals surface area contributed by atoms with Gasteiger partial charge < -0.3 is 5.11 Å². The molecule has 0 radical (unpaired) electrons. The SMILES string of the molecule is C/C(=N/NC(=O)Cc1cc(C)ccc1C)c1ccc(O)cc1. The van der Waals surface area contributed by atoms with Crippen LogP contribution in [0.5, 0.6) is 5.75 Å². The van der Waals surface area contributed by atoms with E-state index in [0.717, 1.165) is 22.3 Å². The van der Waals surface area contributed by atoms with Crippen molar-refractivity contribution in [2.24, 2.45) is 5.10 Å². The highest BCUT2D eigenvalue weighted by Gasteiger charge is 2.06. The maximum atomic E-state index is 12.0. The van der Waals surface area contributed by atoms with Gasteiger partial charge in [0.1, 0.15) is 5.75 Å². The molecule has 0 saturated heterocycles. The summed E-state index contributed by atoms with van der Waals surface area (Å²) in [4.78, 5) is 12.0. The largest absolute Gasteiger partial charge is 0.508 e. The second-order valence-electron chi connectivity index (χ2n) is 5.39. The van der Waals surface area contributed by atoms with E-state index < -0.39 is 0 Å². The van der Waals surface area contributed by atoms with Gasteiger partial charge in [0.05, 0.1) is 12.1 Å². The summed E-state index contributed by atoms with van der Waals surface area (Å²) in [6.07, 6.45) is 0.305. The Morgan fingerprint density at radius 1 is 1.14 bits per heavy atom. The fourth-order valence-electron chi connectivity index (χ4n) is 2.12. The van der Waals surface area contributed by atoms with Crippen LogP contribution in [-0.2, 0) is 11.2 Å². The lowest BCUT2D eigenvalue weighted by Crippen LogP contribution is -2.21. The number of carbonyl (C=O) groups excluding carboxylic acids is 1. The number of hydrogen-bond donors (Lipinski definition) is 2. The standard InChI is InChI=1S/C18H20N2O2/c1-12-4-5-13(2)16(10-12)11-18(22)20-19-14(3)15-6-8-17(21)9-7-15/h4-10,21H,11H2,1-3H3,(H,20,22)/b19-14-. The van der Waals surface area contributed by atoms with Gasteiger partial charge in [-0.15, -0.1) is 0 Å². The highest BCUT2D eigenvalue weighted by Crippen LogP contribution is 2.12. The zero-order chi connectivity index (χ0) is 16.1. The molecule has 1 amide bonds. The van der Waals surface area contributed by atoms with Gasteiger partial charge in [-0.25, -0.2) is 5.43 Å². The number of amides is 1. The molecular formula is C18H20N2O2. The minimum atomic E-state index is -0.146. The van der Waals surface area contributed by atoms with E-state index in [-0.39, 0.29) is 11.7 Å². The van der Waals surface area contributed by atoms with Crippen LogP contribution in [0.2, 0.25) is 0 Å². The summed E-state index contributed by atoms with van der Waals surface area (Å²) in [5, 5.41) is 13.4. The Morgan fingerprint density at radius 3 is 2.50 bits per heavy atom. The van der Waals surface area contributed by atoms with Gasteiger partial charge in [-0.3, -0.25) is 4.79 Å². The van der Waals surface area contributed by atoms with Gasteiger partial charge in [-0.05, 0) is 61.7 Å². The van der Waals surface area contributed by atoms with Crippen LogP contribution in [0, 0.1) is 13.8 Å². The molecule has 0 aromatic heterocycles. The third-order valence-electron chi connectivity index (χ3n) is 3.49. The lowest BCUT2D eigenvalue weighted by Gasteiger charge is -2.07. The number of hydrogen-bond acceptors (Lipinski definition) is 3. The number of rotatable bonds is 4. The van der Waals surface area contributed by atoms with E-state index in [1.54, 1.807) is 24.3 Å². The van der Waals surface area contributed by atoms with Gasteiger partial charge in [-0.2, -0.15) is 5.10 Å². The van der Waals surface area contributed by atoms with E-state index in [2.05, 4.69) is 10.5 Å². The van der Waals surface area contributed by atoms with Gasteiger partial charge in [0, 0.05) is 0 Å². The Bertz CT molecular complexity index is 704. The molecule has 0 unspecified atom stereocenters. The molecule has 0 atom stereocenters. The molecule has 114 valence electrons. The predicted molar refractivity (Wildman–Crippen MR) is 88.1 cm³/mol. The second-order valence-corrected chi connectivity index (χ2v) is 5.39. The van der Waals surface area contributed by atoms with Crippen LogP contribution in [0.25, 0.3) is 0 Å². The van der Waals surface area contributed by atoms with Crippen molar-refractivity contribution in [3.05, 3.63) is 64.7 Å². The zero-order valence-corrected chi connectivity index (χ0v) is 13.1. The number of aromatic hydroxyl groups is 1. The van der Waals surface area contributed by atoms with Crippen molar-refractivity contribution in [2.75, 3.05) is 0 Å². The molecule has 0 saturated carbocycles. The molecule has 2 aromatic carbocycles. The monoisotopic (exact) mass is 296 g/mol. The molecule has 0 aliphatic carbocycles. The van der Waals surface area contributed by atoms with Crippen LogP contribution in [0.1, 0.15) is 29.2 Å². The zero-order valence-electron chi connectivity index (χ0n) is 13.1. The smallest absolute Gasteiger partial charge is 0.244 e. The van der Waals surface area contributed by atoms with Crippen LogP contribution in [0.15, 0.2) is 47.6 Å². The molecular weight excluding hydrogens is 276 g/mol. The van der Waals surface area contributed by atoms with Crippen molar-refractivity contribution in [3.8, 4) is 5.75 Å². The summed E-state index contributed by atoms with van der Waals surface area (Å²) < 4.78 is 0. The first-order valence-electron chi connectivity index (χ1n) is 7.14. The summed E-state index contributed by atoms with van der Waals surface area (Å²) in [6, 6.07) is 12.8. The highest BCUT2D eigenvalue weighted by molar-refractivity contribution is 5.99. The van der Waals surface area contributed by atoms with Gasteiger partial charge in [0.15, 0.2) is 0 Å². The summed E-state index contributed by atoms with van der Waals surface area (Å²) >= 11 is 0. The van der Waals surface area contributed by atoms with Crippen molar-refractivity contribution < 1.29 is 9.90 Å². The van der Waals surface area contributed by atoms with Crippen molar-refractivity contribution in [1.29, 1.82) is 0 Å². The van der Waals surface area contributed by atoms with Crippen LogP contribution in [0.3, 0.4) is 0 Å². The van der Waals surface area contributed by atoms with E-state index in [4.69, 9.17) is 0 Å². The number of nitrogens with zero attached hydrogens (tertiary/aromatic N) is 1. The first kappa shape index (κ1) is 15.8. The number of nitrogens with one attached hydrogen (secondary N) is 1. The second kappa shape index (κ2) is 6.89. The summed E-state index contributed by atoms with van der Waals surface area (Å²) in [6.45, 7) is 5.81. The number of carbonyl (C=O) groups is 1. The Balaban J connectivity index is 2.01. The first-order chi connectivity index (χ1) is 10.5. The topological polar surface area (TPSA) is 61.7 Å². The maximum absolute atomic E-state index is 12.0. The molecule has 2 rings (SSSR count). The molecule has 0 fully saturated rings. The van der Waals surface area contributed by atoms with Crippen molar-refractivity contribution in [3.63, 3.8) is 0 Å². The number of benzene rings is 2. The Morgan fingerprint density at radius 2 is 1.82 bits per heavy atom. The molecule has 4 heteroatoms. The quantitative estimate of drug-likeness (QED) is 0.672. The van der Waals surface area contributed by atoms with Crippen LogP contribution in [0.4, 0.5) is 0 Å². The average molecular weight is 296 g/mol. The third-order valence-corrected chi connectivity index (χ3v) is 3.49. The summed E-state index contributed by atoms with van der Waals surface area (Å²) in [7, 11) is 0. The normalized spacial score (nSPS) is 11.3. The number of phenols is 1. The van der Waals surface area contributed by atoms with E-state index in [9.17, 15) is 9.90 Å². The highest BCUT2D eigenvalue weighted by atomic mass is 16.3.